The highest BCUT2D eigenvalue weighted by Gasteiger charge is 2.34. The van der Waals surface area contributed by atoms with E-state index in [1.807, 2.05) is 13.8 Å². The van der Waals surface area contributed by atoms with Crippen LogP contribution in [0.3, 0.4) is 0 Å². The quantitative estimate of drug-likeness (QED) is 0.843. The largest absolute Gasteiger partial charge is 0.419 e. The Kier molecular flexibility index (Phi) is 3.69. The van der Waals surface area contributed by atoms with Gasteiger partial charge in [0.15, 0.2) is 5.82 Å². The van der Waals surface area contributed by atoms with Crippen LogP contribution in [0.1, 0.15) is 22.4 Å². The van der Waals surface area contributed by atoms with Gasteiger partial charge in [-0.25, -0.2) is 4.39 Å². The van der Waals surface area contributed by atoms with Crippen LogP contribution in [-0.2, 0) is 12.7 Å². The average Bonchev–Trinajstić information content (AvgIpc) is 2.68. The first-order chi connectivity index (χ1) is 9.29. The SMILES string of the molecule is Cc1[nH]nc(NCc2ccc(F)c(C(F)(F)F)c2)c1C. The van der Waals surface area contributed by atoms with E-state index in [0.29, 0.717) is 11.4 Å². The summed E-state index contributed by atoms with van der Waals surface area (Å²) in [6, 6.07) is 2.94. The minimum absolute atomic E-state index is 0.133. The summed E-state index contributed by atoms with van der Waals surface area (Å²) in [5, 5.41) is 9.67. The second kappa shape index (κ2) is 5.15. The summed E-state index contributed by atoms with van der Waals surface area (Å²) in [7, 11) is 0. The maximum atomic E-state index is 13.1. The number of nitrogens with one attached hydrogen (secondary N) is 2. The maximum absolute atomic E-state index is 13.1. The zero-order valence-electron chi connectivity index (χ0n) is 10.9. The Morgan fingerprint density at radius 1 is 1.25 bits per heavy atom. The topological polar surface area (TPSA) is 40.7 Å². The number of H-pyrrole nitrogens is 1. The first-order valence-corrected chi connectivity index (χ1v) is 5.90. The predicted molar refractivity (Wildman–Crippen MR) is 66.8 cm³/mol. The van der Waals surface area contributed by atoms with Crippen LogP contribution in [0.25, 0.3) is 0 Å². The van der Waals surface area contributed by atoms with Gasteiger partial charge in [-0.05, 0) is 31.5 Å². The summed E-state index contributed by atoms with van der Waals surface area (Å²) < 4.78 is 50.9. The van der Waals surface area contributed by atoms with E-state index in [0.717, 1.165) is 23.4 Å². The fourth-order valence-electron chi connectivity index (χ4n) is 1.74. The summed E-state index contributed by atoms with van der Waals surface area (Å²) in [6.07, 6.45) is -4.70. The van der Waals surface area contributed by atoms with Gasteiger partial charge in [-0.3, -0.25) is 5.10 Å². The number of alkyl halides is 3. The minimum Gasteiger partial charge on any atom is -0.364 e. The lowest BCUT2D eigenvalue weighted by atomic mass is 10.1. The molecular weight excluding hydrogens is 274 g/mol. The normalized spacial score (nSPS) is 11.7. The smallest absolute Gasteiger partial charge is 0.364 e. The van der Waals surface area contributed by atoms with Crippen LogP contribution in [0.15, 0.2) is 18.2 Å². The van der Waals surface area contributed by atoms with Crippen LogP contribution in [0.5, 0.6) is 0 Å². The predicted octanol–water partition coefficient (Wildman–Crippen LogP) is 3.80. The van der Waals surface area contributed by atoms with E-state index in [4.69, 9.17) is 0 Å². The summed E-state index contributed by atoms with van der Waals surface area (Å²) in [5.41, 5.74) is 0.844. The van der Waals surface area contributed by atoms with Crippen molar-refractivity contribution >= 4 is 5.82 Å². The Morgan fingerprint density at radius 3 is 2.50 bits per heavy atom. The summed E-state index contributed by atoms with van der Waals surface area (Å²) in [6.45, 7) is 3.81. The number of aryl methyl sites for hydroxylation is 1. The standard InChI is InChI=1S/C13H13F4N3/c1-7-8(2)19-20-12(7)18-6-9-3-4-11(14)10(5-9)13(15,16)17/h3-5H,6H2,1-2H3,(H2,18,19,20). The molecule has 0 aliphatic carbocycles. The molecule has 1 heterocycles. The molecule has 3 nitrogen and oxygen atoms in total. The van der Waals surface area contributed by atoms with E-state index in [-0.39, 0.29) is 6.54 Å². The van der Waals surface area contributed by atoms with Gasteiger partial charge in [0.1, 0.15) is 5.82 Å². The molecule has 0 spiro atoms. The average molecular weight is 287 g/mol. The molecule has 1 aromatic carbocycles. The fraction of sp³-hybridized carbons (Fsp3) is 0.308. The highest BCUT2D eigenvalue weighted by molar-refractivity contribution is 5.45. The van der Waals surface area contributed by atoms with Crippen LogP contribution in [0.4, 0.5) is 23.4 Å². The molecule has 20 heavy (non-hydrogen) atoms. The van der Waals surface area contributed by atoms with Crippen molar-refractivity contribution in [2.45, 2.75) is 26.6 Å². The van der Waals surface area contributed by atoms with Crippen molar-refractivity contribution in [3.05, 3.63) is 46.4 Å². The van der Waals surface area contributed by atoms with Crippen molar-refractivity contribution < 1.29 is 17.6 Å². The number of hydrogen-bond acceptors (Lipinski definition) is 2. The fourth-order valence-corrected chi connectivity index (χ4v) is 1.74. The zero-order valence-corrected chi connectivity index (χ0v) is 10.9. The van der Waals surface area contributed by atoms with Crippen LogP contribution < -0.4 is 5.32 Å². The zero-order chi connectivity index (χ0) is 14.9. The molecule has 0 saturated heterocycles. The highest BCUT2D eigenvalue weighted by Crippen LogP contribution is 2.32. The Balaban J connectivity index is 2.17. The van der Waals surface area contributed by atoms with E-state index < -0.39 is 17.6 Å². The van der Waals surface area contributed by atoms with Crippen molar-refractivity contribution in [3.63, 3.8) is 0 Å². The minimum atomic E-state index is -4.70. The maximum Gasteiger partial charge on any atom is 0.419 e. The molecule has 108 valence electrons. The van der Waals surface area contributed by atoms with E-state index in [9.17, 15) is 17.6 Å². The molecule has 0 radical (unpaired) electrons. The Morgan fingerprint density at radius 2 is 1.95 bits per heavy atom. The molecule has 0 saturated carbocycles. The van der Waals surface area contributed by atoms with Crippen LogP contribution in [0, 0.1) is 19.7 Å². The van der Waals surface area contributed by atoms with Crippen molar-refractivity contribution in [1.29, 1.82) is 0 Å². The number of nitrogens with zero attached hydrogens (tertiary/aromatic N) is 1. The molecule has 2 aromatic rings. The Hall–Kier alpha value is -2.05. The third kappa shape index (κ3) is 2.92. The van der Waals surface area contributed by atoms with Crippen molar-refractivity contribution in [3.8, 4) is 0 Å². The van der Waals surface area contributed by atoms with Crippen molar-refractivity contribution in [2.75, 3.05) is 5.32 Å². The number of benzene rings is 1. The van der Waals surface area contributed by atoms with Crippen LogP contribution in [-0.4, -0.2) is 10.2 Å². The highest BCUT2D eigenvalue weighted by atomic mass is 19.4. The summed E-state index contributed by atoms with van der Waals surface area (Å²) >= 11 is 0. The molecule has 0 unspecified atom stereocenters. The van der Waals surface area contributed by atoms with Crippen molar-refractivity contribution in [2.24, 2.45) is 0 Å². The van der Waals surface area contributed by atoms with Gasteiger partial charge in [-0.1, -0.05) is 6.07 Å². The molecule has 0 bridgehead atoms. The van der Waals surface area contributed by atoms with Crippen LogP contribution >= 0.6 is 0 Å². The van der Waals surface area contributed by atoms with Gasteiger partial charge in [-0.2, -0.15) is 18.3 Å². The van der Waals surface area contributed by atoms with E-state index in [1.54, 1.807) is 0 Å². The number of aromatic amines is 1. The third-order valence-electron chi connectivity index (χ3n) is 3.05. The lowest BCUT2D eigenvalue weighted by Crippen LogP contribution is -2.10. The van der Waals surface area contributed by atoms with Crippen molar-refractivity contribution in [1.82, 2.24) is 10.2 Å². The number of rotatable bonds is 3. The van der Waals surface area contributed by atoms with Gasteiger partial charge in [0.2, 0.25) is 0 Å². The molecule has 0 atom stereocenters. The van der Waals surface area contributed by atoms with Gasteiger partial charge < -0.3 is 5.32 Å². The molecule has 0 aliphatic rings. The number of aromatic nitrogens is 2. The molecular formula is C13H13F4N3. The monoisotopic (exact) mass is 287 g/mol. The Bertz CT molecular complexity index is 617. The van der Waals surface area contributed by atoms with Gasteiger partial charge in [0, 0.05) is 17.8 Å². The molecule has 2 N–H and O–H groups in total. The third-order valence-corrected chi connectivity index (χ3v) is 3.05. The molecule has 1 aromatic heterocycles. The number of hydrogen-bond donors (Lipinski definition) is 2. The van der Waals surface area contributed by atoms with Crippen LogP contribution in [0.2, 0.25) is 0 Å². The molecule has 7 heteroatoms. The lowest BCUT2D eigenvalue weighted by molar-refractivity contribution is -0.140. The van der Waals surface area contributed by atoms with E-state index in [2.05, 4.69) is 15.5 Å². The van der Waals surface area contributed by atoms with Gasteiger partial charge in [-0.15, -0.1) is 0 Å². The van der Waals surface area contributed by atoms with Gasteiger partial charge in [0.05, 0.1) is 5.56 Å². The number of halogens is 4. The first kappa shape index (κ1) is 14.4. The molecule has 0 aliphatic heterocycles. The lowest BCUT2D eigenvalue weighted by Gasteiger charge is -2.10. The van der Waals surface area contributed by atoms with Gasteiger partial charge in [0.25, 0.3) is 0 Å². The van der Waals surface area contributed by atoms with E-state index >= 15 is 0 Å². The second-order valence-electron chi connectivity index (χ2n) is 4.49. The second-order valence-corrected chi connectivity index (χ2v) is 4.49. The summed E-state index contributed by atoms with van der Waals surface area (Å²) in [4.78, 5) is 0. The molecule has 2 rings (SSSR count). The van der Waals surface area contributed by atoms with E-state index in [1.165, 1.54) is 6.07 Å². The molecule has 0 amide bonds. The number of anilines is 1. The molecule has 0 fully saturated rings. The van der Waals surface area contributed by atoms with Gasteiger partial charge >= 0.3 is 6.18 Å². The Labute approximate surface area is 113 Å². The first-order valence-electron chi connectivity index (χ1n) is 5.90. The summed E-state index contributed by atoms with van der Waals surface area (Å²) in [5.74, 6) is -0.701.